The Morgan fingerprint density at radius 1 is 1.11 bits per heavy atom. The van der Waals surface area contributed by atoms with Crippen molar-refractivity contribution < 1.29 is 18.0 Å². The second-order valence-corrected chi connectivity index (χ2v) is 7.23. The summed E-state index contributed by atoms with van der Waals surface area (Å²) in [5.74, 6) is -1.61. The van der Waals surface area contributed by atoms with E-state index in [0.717, 1.165) is 6.07 Å². The smallest absolute Gasteiger partial charge is 0.275 e. The van der Waals surface area contributed by atoms with Crippen molar-refractivity contribution in [1.82, 2.24) is 4.98 Å². The number of nitrogens with one attached hydrogen (secondary N) is 1. The number of nitrogens with zero attached hydrogens (tertiary/aromatic N) is 1. The lowest BCUT2D eigenvalue weighted by Crippen LogP contribution is -2.15. The summed E-state index contributed by atoms with van der Waals surface area (Å²) in [6.45, 7) is 1.75. The number of hydrogen-bond donors (Lipinski definition) is 1. The summed E-state index contributed by atoms with van der Waals surface area (Å²) < 4.78 is 33.6. The minimum Gasteiger partial charge on any atom is -0.462 e. The molecule has 4 aromatic rings. The number of hydrogen-bond acceptors (Lipinski definition) is 4. The number of rotatable bonds is 4. The van der Waals surface area contributed by atoms with Gasteiger partial charge in [-0.05, 0) is 30.7 Å². The van der Waals surface area contributed by atoms with Gasteiger partial charge in [0.15, 0.2) is 10.8 Å². The number of carbonyl (C=O) groups is 1. The first kappa shape index (κ1) is 18.1. The number of aryl methyl sites for hydroxylation is 1. The Kier molecular flexibility index (Phi) is 4.75. The van der Waals surface area contributed by atoms with Gasteiger partial charge in [0.1, 0.15) is 17.3 Å². The number of amides is 1. The van der Waals surface area contributed by atoms with Crippen LogP contribution in [0.15, 0.2) is 65.3 Å². The molecule has 1 amide bonds. The third-order valence-electron chi connectivity index (χ3n) is 4.12. The van der Waals surface area contributed by atoms with Crippen LogP contribution in [-0.4, -0.2) is 10.9 Å². The number of carbonyl (C=O) groups excluding carboxylic acids is 1. The maximum Gasteiger partial charge on any atom is 0.275 e. The molecule has 0 aliphatic heterocycles. The predicted octanol–water partition coefficient (Wildman–Crippen LogP) is 5.91. The molecule has 0 atom stereocenters. The fraction of sp³-hybridized carbons (Fsp3) is 0.0476. The Hall–Kier alpha value is -3.32. The van der Waals surface area contributed by atoms with Crippen molar-refractivity contribution in [2.24, 2.45) is 0 Å². The number of thiazole rings is 1. The van der Waals surface area contributed by atoms with Crippen LogP contribution in [0.25, 0.3) is 21.9 Å². The van der Waals surface area contributed by atoms with Crippen molar-refractivity contribution in [2.45, 2.75) is 6.92 Å². The summed E-state index contributed by atoms with van der Waals surface area (Å²) in [6.07, 6.45) is 1.52. The van der Waals surface area contributed by atoms with Crippen LogP contribution in [0.5, 0.6) is 0 Å². The van der Waals surface area contributed by atoms with Crippen molar-refractivity contribution in [1.29, 1.82) is 0 Å². The molecule has 0 aliphatic carbocycles. The van der Waals surface area contributed by atoms with Gasteiger partial charge < -0.3 is 9.73 Å². The van der Waals surface area contributed by atoms with E-state index in [0.29, 0.717) is 21.2 Å². The first-order valence-corrected chi connectivity index (χ1v) is 9.21. The van der Waals surface area contributed by atoms with Gasteiger partial charge in [-0.25, -0.2) is 13.8 Å². The lowest BCUT2D eigenvalue weighted by atomic mass is 10.0. The summed E-state index contributed by atoms with van der Waals surface area (Å²) in [4.78, 5) is 17.8. The fourth-order valence-electron chi connectivity index (χ4n) is 2.83. The minimum absolute atomic E-state index is 0.0930. The summed E-state index contributed by atoms with van der Waals surface area (Å²) >= 11 is 1.30. The van der Waals surface area contributed by atoms with E-state index in [2.05, 4.69) is 10.3 Å². The van der Waals surface area contributed by atoms with Crippen LogP contribution in [0.2, 0.25) is 0 Å². The van der Waals surface area contributed by atoms with E-state index in [1.165, 1.54) is 23.7 Å². The highest BCUT2D eigenvalue weighted by Gasteiger charge is 2.21. The van der Waals surface area contributed by atoms with Crippen molar-refractivity contribution in [2.75, 3.05) is 5.32 Å². The monoisotopic (exact) mass is 396 g/mol. The van der Waals surface area contributed by atoms with E-state index in [4.69, 9.17) is 4.42 Å². The SMILES string of the molecule is Cc1sc(-c2ccco2)nc1C(=O)Nc1c(F)cc(F)cc1-c1ccccc1. The quantitative estimate of drug-likeness (QED) is 0.467. The normalized spacial score (nSPS) is 10.8. The van der Waals surface area contributed by atoms with E-state index < -0.39 is 17.5 Å². The first-order chi connectivity index (χ1) is 13.5. The summed E-state index contributed by atoms with van der Waals surface area (Å²) in [5, 5.41) is 3.10. The van der Waals surface area contributed by atoms with Crippen LogP contribution < -0.4 is 5.32 Å². The first-order valence-electron chi connectivity index (χ1n) is 8.40. The average molecular weight is 396 g/mol. The third-order valence-corrected chi connectivity index (χ3v) is 5.11. The van der Waals surface area contributed by atoms with Crippen LogP contribution in [-0.2, 0) is 0 Å². The maximum absolute atomic E-state index is 14.5. The van der Waals surface area contributed by atoms with Gasteiger partial charge in [-0.1, -0.05) is 30.3 Å². The van der Waals surface area contributed by atoms with E-state index in [1.807, 2.05) is 0 Å². The molecule has 0 aliphatic rings. The van der Waals surface area contributed by atoms with Crippen molar-refractivity contribution in [3.8, 4) is 21.9 Å². The molecule has 7 heteroatoms. The lowest BCUT2D eigenvalue weighted by Gasteiger charge is -2.12. The molecule has 0 saturated heterocycles. The Morgan fingerprint density at radius 3 is 2.61 bits per heavy atom. The Bertz CT molecular complexity index is 1140. The van der Waals surface area contributed by atoms with Gasteiger partial charge in [-0.15, -0.1) is 11.3 Å². The van der Waals surface area contributed by atoms with E-state index >= 15 is 0 Å². The zero-order valence-corrected chi connectivity index (χ0v) is 15.5. The molecule has 0 bridgehead atoms. The molecule has 2 heterocycles. The number of aromatic nitrogens is 1. The van der Waals surface area contributed by atoms with Crippen molar-refractivity contribution >= 4 is 22.9 Å². The highest BCUT2D eigenvalue weighted by molar-refractivity contribution is 7.15. The highest BCUT2D eigenvalue weighted by Crippen LogP contribution is 2.33. The fourth-order valence-corrected chi connectivity index (χ4v) is 3.71. The highest BCUT2D eigenvalue weighted by atomic mass is 32.1. The zero-order chi connectivity index (χ0) is 19.7. The van der Waals surface area contributed by atoms with Crippen LogP contribution in [0, 0.1) is 18.6 Å². The van der Waals surface area contributed by atoms with Gasteiger partial charge in [0.2, 0.25) is 0 Å². The third kappa shape index (κ3) is 3.44. The molecule has 0 unspecified atom stereocenters. The molecule has 2 aromatic heterocycles. The van der Waals surface area contributed by atoms with Gasteiger partial charge in [-0.2, -0.15) is 0 Å². The van der Waals surface area contributed by atoms with Gasteiger partial charge in [0.05, 0.1) is 12.0 Å². The molecule has 4 rings (SSSR count). The standard InChI is InChI=1S/C21H14F2N2O2S/c1-12-18(25-21(28-12)17-8-5-9-27-17)20(26)24-19-15(10-14(22)11-16(19)23)13-6-3-2-4-7-13/h2-11H,1H3,(H,24,26). The van der Waals surface area contributed by atoms with Gasteiger partial charge in [-0.3, -0.25) is 4.79 Å². The number of halogens is 2. The van der Waals surface area contributed by atoms with Crippen LogP contribution in [0.3, 0.4) is 0 Å². The average Bonchev–Trinajstić information content (AvgIpc) is 3.34. The van der Waals surface area contributed by atoms with Crippen LogP contribution in [0.1, 0.15) is 15.4 Å². The lowest BCUT2D eigenvalue weighted by molar-refractivity contribution is 0.102. The number of anilines is 1. The summed E-state index contributed by atoms with van der Waals surface area (Å²) in [7, 11) is 0. The molecule has 2 aromatic carbocycles. The molecule has 4 nitrogen and oxygen atoms in total. The molecule has 1 N–H and O–H groups in total. The van der Waals surface area contributed by atoms with Gasteiger partial charge >= 0.3 is 0 Å². The molecule has 28 heavy (non-hydrogen) atoms. The molecular weight excluding hydrogens is 382 g/mol. The minimum atomic E-state index is -0.855. The zero-order valence-electron chi connectivity index (χ0n) is 14.7. The maximum atomic E-state index is 14.5. The number of benzene rings is 2. The molecule has 0 radical (unpaired) electrons. The topological polar surface area (TPSA) is 55.1 Å². The van der Waals surface area contributed by atoms with Crippen molar-refractivity contribution in [3.63, 3.8) is 0 Å². The van der Waals surface area contributed by atoms with Crippen molar-refractivity contribution in [3.05, 3.63) is 83.1 Å². The predicted molar refractivity (Wildman–Crippen MR) is 104 cm³/mol. The Labute approximate surface area is 163 Å². The molecule has 0 saturated carbocycles. The molecule has 140 valence electrons. The van der Waals surface area contributed by atoms with E-state index in [1.54, 1.807) is 49.4 Å². The largest absolute Gasteiger partial charge is 0.462 e. The van der Waals surface area contributed by atoms with Crippen LogP contribution in [0.4, 0.5) is 14.5 Å². The summed E-state index contributed by atoms with van der Waals surface area (Å²) in [5.41, 5.74) is 0.914. The van der Waals surface area contributed by atoms with E-state index in [-0.39, 0.29) is 16.9 Å². The Morgan fingerprint density at radius 2 is 1.89 bits per heavy atom. The molecule has 0 fully saturated rings. The second-order valence-electron chi connectivity index (χ2n) is 6.03. The number of furan rings is 1. The van der Waals surface area contributed by atoms with Gasteiger partial charge in [0.25, 0.3) is 5.91 Å². The molecule has 0 spiro atoms. The second kappa shape index (κ2) is 7.36. The molecular formula is C21H14F2N2O2S. The Balaban J connectivity index is 1.71. The van der Waals surface area contributed by atoms with E-state index in [9.17, 15) is 13.6 Å². The van der Waals surface area contributed by atoms with Gasteiger partial charge in [0, 0.05) is 16.5 Å². The van der Waals surface area contributed by atoms with Crippen LogP contribution >= 0.6 is 11.3 Å². The summed E-state index contributed by atoms with van der Waals surface area (Å²) in [6, 6.07) is 14.1.